The van der Waals surface area contributed by atoms with Crippen LogP contribution in [-0.2, 0) is 20.7 Å². The highest BCUT2D eigenvalue weighted by atomic mass is 32.1. The minimum Gasteiger partial charge on any atom is -0.491 e. The Morgan fingerprint density at radius 1 is 1.34 bits per heavy atom. The molecule has 2 atom stereocenters. The number of fused-ring (bicyclic) bond motifs is 1. The third-order valence-electron chi connectivity index (χ3n) is 5.79. The number of hydrogen-bond acceptors (Lipinski definition) is 5. The fraction of sp³-hybridized carbons (Fsp3) is 0.500. The van der Waals surface area contributed by atoms with Crippen LogP contribution in [0.4, 0.5) is 4.39 Å². The summed E-state index contributed by atoms with van der Waals surface area (Å²) in [5, 5.41) is 2.02. The first kappa shape index (κ1) is 24.2. The zero-order valence-corrected chi connectivity index (χ0v) is 19.7. The standard InChI is InChI=1S/C24H31FN2O4S/c1-4-17(2)13-26(24(29)16-30-3)14-23(28)27-10-8-22-20(9-11-32-22)21(27)15-31-19-7-5-6-18(25)12-19/h5-7,9,11-12,17,21H,4,8,10,13-16H2,1-3H3/t17-,21-/m0/s1. The number of amides is 2. The molecule has 0 spiro atoms. The molecule has 1 aromatic heterocycles. The molecule has 0 unspecified atom stereocenters. The Hall–Kier alpha value is -2.45. The molecule has 3 rings (SSSR count). The molecule has 0 radical (unpaired) electrons. The Kier molecular flexibility index (Phi) is 8.64. The Bertz CT molecular complexity index is 919. The van der Waals surface area contributed by atoms with Gasteiger partial charge in [0, 0.05) is 31.1 Å². The summed E-state index contributed by atoms with van der Waals surface area (Å²) in [4.78, 5) is 30.6. The van der Waals surface area contributed by atoms with Gasteiger partial charge in [-0.25, -0.2) is 4.39 Å². The molecular formula is C24H31FN2O4S. The molecule has 1 aliphatic heterocycles. The van der Waals surface area contributed by atoms with E-state index in [-0.39, 0.29) is 49.3 Å². The lowest BCUT2D eigenvalue weighted by Gasteiger charge is -2.37. The number of methoxy groups -OCH3 is 1. The summed E-state index contributed by atoms with van der Waals surface area (Å²) in [5.74, 6) is 0.0194. The number of carbonyl (C=O) groups excluding carboxylic acids is 2. The highest BCUT2D eigenvalue weighted by Gasteiger charge is 2.33. The van der Waals surface area contributed by atoms with E-state index in [0.29, 0.717) is 18.8 Å². The van der Waals surface area contributed by atoms with Crippen molar-refractivity contribution in [2.24, 2.45) is 5.92 Å². The lowest BCUT2D eigenvalue weighted by Crippen LogP contribution is -2.49. The number of benzene rings is 1. The van der Waals surface area contributed by atoms with Gasteiger partial charge in [0.1, 0.15) is 24.8 Å². The molecule has 2 aromatic rings. The lowest BCUT2D eigenvalue weighted by atomic mass is 10.00. The molecule has 0 saturated carbocycles. The maximum Gasteiger partial charge on any atom is 0.249 e. The molecule has 0 bridgehead atoms. The highest BCUT2D eigenvalue weighted by molar-refractivity contribution is 7.10. The summed E-state index contributed by atoms with van der Waals surface area (Å²) >= 11 is 1.67. The van der Waals surface area contributed by atoms with Crippen molar-refractivity contribution in [3.8, 4) is 5.75 Å². The first-order valence-electron chi connectivity index (χ1n) is 10.9. The van der Waals surface area contributed by atoms with Gasteiger partial charge in [-0.2, -0.15) is 0 Å². The normalized spacial score (nSPS) is 16.4. The SMILES string of the molecule is CC[C@H](C)CN(CC(=O)N1CCc2sccc2[C@@H]1COc1cccc(F)c1)C(=O)COC. The number of nitrogens with zero attached hydrogens (tertiary/aromatic N) is 2. The van der Waals surface area contributed by atoms with E-state index >= 15 is 0 Å². The first-order chi connectivity index (χ1) is 15.4. The molecule has 32 heavy (non-hydrogen) atoms. The zero-order valence-electron chi connectivity index (χ0n) is 18.9. The second-order valence-corrected chi connectivity index (χ2v) is 9.14. The maximum atomic E-state index is 13.6. The minimum atomic E-state index is -0.368. The number of ether oxygens (including phenoxy) is 2. The van der Waals surface area contributed by atoms with Gasteiger partial charge in [0.05, 0.1) is 12.6 Å². The quantitative estimate of drug-likeness (QED) is 0.537. The first-order valence-corrected chi connectivity index (χ1v) is 11.8. The Morgan fingerprint density at radius 2 is 2.16 bits per heavy atom. The van der Waals surface area contributed by atoms with Crippen LogP contribution in [0.3, 0.4) is 0 Å². The van der Waals surface area contributed by atoms with E-state index in [4.69, 9.17) is 9.47 Å². The number of carbonyl (C=O) groups is 2. The van der Waals surface area contributed by atoms with Crippen LogP contribution in [0.1, 0.15) is 36.8 Å². The molecule has 174 valence electrons. The molecule has 0 N–H and O–H groups in total. The van der Waals surface area contributed by atoms with E-state index in [1.54, 1.807) is 33.3 Å². The van der Waals surface area contributed by atoms with Crippen molar-refractivity contribution in [3.63, 3.8) is 0 Å². The van der Waals surface area contributed by atoms with Crippen LogP contribution < -0.4 is 4.74 Å². The van der Waals surface area contributed by atoms with E-state index in [9.17, 15) is 14.0 Å². The number of rotatable bonds is 10. The molecule has 0 saturated heterocycles. The van der Waals surface area contributed by atoms with E-state index in [0.717, 1.165) is 18.4 Å². The van der Waals surface area contributed by atoms with Crippen LogP contribution in [0.2, 0.25) is 0 Å². The molecule has 1 aliphatic rings. The van der Waals surface area contributed by atoms with Crippen LogP contribution in [-0.4, -0.2) is 61.6 Å². The van der Waals surface area contributed by atoms with Crippen LogP contribution in [0, 0.1) is 11.7 Å². The van der Waals surface area contributed by atoms with E-state index in [1.165, 1.54) is 24.1 Å². The van der Waals surface area contributed by atoms with Crippen molar-refractivity contribution in [1.82, 2.24) is 9.80 Å². The second kappa shape index (κ2) is 11.4. The van der Waals surface area contributed by atoms with Crippen molar-refractivity contribution in [2.75, 3.05) is 40.0 Å². The predicted octanol–water partition coefficient (Wildman–Crippen LogP) is 3.91. The third-order valence-corrected chi connectivity index (χ3v) is 6.79. The molecule has 8 heteroatoms. The van der Waals surface area contributed by atoms with Gasteiger partial charge in [-0.15, -0.1) is 11.3 Å². The summed E-state index contributed by atoms with van der Waals surface area (Å²) in [6.07, 6.45) is 1.68. The summed E-state index contributed by atoms with van der Waals surface area (Å²) in [7, 11) is 1.48. The van der Waals surface area contributed by atoms with E-state index in [1.807, 2.05) is 11.4 Å². The molecule has 2 heterocycles. The Labute approximate surface area is 192 Å². The van der Waals surface area contributed by atoms with Gasteiger partial charge in [-0.1, -0.05) is 26.3 Å². The number of thiophene rings is 1. The van der Waals surface area contributed by atoms with E-state index < -0.39 is 0 Å². The molecular weight excluding hydrogens is 431 g/mol. The summed E-state index contributed by atoms with van der Waals surface area (Å²) in [5.41, 5.74) is 1.06. The molecule has 6 nitrogen and oxygen atoms in total. The predicted molar refractivity (Wildman–Crippen MR) is 122 cm³/mol. The van der Waals surface area contributed by atoms with Gasteiger partial charge < -0.3 is 19.3 Å². The second-order valence-electron chi connectivity index (χ2n) is 8.14. The fourth-order valence-electron chi connectivity index (χ4n) is 3.84. The molecule has 0 fully saturated rings. The van der Waals surface area contributed by atoms with Crippen molar-refractivity contribution in [3.05, 3.63) is 52.0 Å². The van der Waals surface area contributed by atoms with Crippen molar-refractivity contribution in [1.29, 1.82) is 0 Å². The summed E-state index contributed by atoms with van der Waals surface area (Å²) < 4.78 is 24.4. The number of halogens is 1. The van der Waals surface area contributed by atoms with Crippen molar-refractivity contribution < 1.29 is 23.5 Å². The zero-order chi connectivity index (χ0) is 23.1. The third kappa shape index (κ3) is 6.07. The van der Waals surface area contributed by atoms with Gasteiger partial charge in [0.25, 0.3) is 0 Å². The average Bonchev–Trinajstić information content (AvgIpc) is 3.26. The summed E-state index contributed by atoms with van der Waals surface area (Å²) in [6.45, 7) is 5.36. The van der Waals surface area contributed by atoms with Crippen LogP contribution in [0.25, 0.3) is 0 Å². The molecule has 1 aromatic carbocycles. The topological polar surface area (TPSA) is 59.1 Å². The van der Waals surface area contributed by atoms with Gasteiger partial charge >= 0.3 is 0 Å². The highest BCUT2D eigenvalue weighted by Crippen LogP contribution is 2.34. The summed E-state index contributed by atoms with van der Waals surface area (Å²) in [6, 6.07) is 7.72. The van der Waals surface area contributed by atoms with Crippen molar-refractivity contribution in [2.45, 2.75) is 32.7 Å². The Balaban J connectivity index is 1.76. The Morgan fingerprint density at radius 3 is 2.88 bits per heavy atom. The number of hydrogen-bond donors (Lipinski definition) is 0. The van der Waals surface area contributed by atoms with Gasteiger partial charge in [-0.3, -0.25) is 9.59 Å². The monoisotopic (exact) mass is 462 g/mol. The van der Waals surface area contributed by atoms with Crippen LogP contribution >= 0.6 is 11.3 Å². The van der Waals surface area contributed by atoms with Gasteiger partial charge in [0.2, 0.25) is 11.8 Å². The van der Waals surface area contributed by atoms with E-state index in [2.05, 4.69) is 13.8 Å². The lowest BCUT2D eigenvalue weighted by molar-refractivity contribution is -0.145. The van der Waals surface area contributed by atoms with Crippen molar-refractivity contribution >= 4 is 23.2 Å². The maximum absolute atomic E-state index is 13.6. The van der Waals surface area contributed by atoms with Gasteiger partial charge in [0.15, 0.2) is 0 Å². The van der Waals surface area contributed by atoms with Crippen LogP contribution in [0.5, 0.6) is 5.75 Å². The fourth-order valence-corrected chi connectivity index (χ4v) is 4.76. The average molecular weight is 463 g/mol. The van der Waals surface area contributed by atoms with Gasteiger partial charge in [-0.05, 0) is 41.5 Å². The molecule has 0 aliphatic carbocycles. The minimum absolute atomic E-state index is 0.00245. The van der Waals surface area contributed by atoms with Crippen LogP contribution in [0.15, 0.2) is 35.7 Å². The molecule has 2 amide bonds. The smallest absolute Gasteiger partial charge is 0.249 e. The largest absolute Gasteiger partial charge is 0.491 e.